The molecule has 0 fully saturated rings. The van der Waals surface area contributed by atoms with Crippen LogP contribution in [0.2, 0.25) is 0 Å². The van der Waals surface area contributed by atoms with Crippen molar-refractivity contribution in [3.8, 4) is 0 Å². The van der Waals surface area contributed by atoms with Gasteiger partial charge in [0.25, 0.3) is 0 Å². The summed E-state index contributed by atoms with van der Waals surface area (Å²) in [4.78, 5) is 2.47. The predicted octanol–water partition coefficient (Wildman–Crippen LogP) is 2.74. The Morgan fingerprint density at radius 3 is 2.13 bits per heavy atom. The van der Waals surface area contributed by atoms with Crippen molar-refractivity contribution in [2.24, 2.45) is 5.92 Å². The van der Waals surface area contributed by atoms with Crippen LogP contribution in [-0.2, 0) is 0 Å². The van der Waals surface area contributed by atoms with Gasteiger partial charge in [0, 0.05) is 18.6 Å². The second kappa shape index (κ2) is 8.12. The van der Waals surface area contributed by atoms with E-state index in [0.717, 1.165) is 19.0 Å². The number of likely N-dealkylation sites (N-methyl/N-ethyl adjacent to an activating group) is 1. The molecule has 0 heterocycles. The van der Waals surface area contributed by atoms with Crippen LogP contribution < -0.4 is 5.32 Å². The molecule has 2 atom stereocenters. The third-order valence-corrected chi connectivity index (χ3v) is 3.34. The van der Waals surface area contributed by atoms with E-state index in [4.69, 9.17) is 0 Å². The van der Waals surface area contributed by atoms with Crippen molar-refractivity contribution in [3.05, 3.63) is 0 Å². The first-order valence-corrected chi connectivity index (χ1v) is 6.46. The molecule has 0 aromatic rings. The van der Waals surface area contributed by atoms with E-state index in [0.29, 0.717) is 12.1 Å². The molecule has 0 spiro atoms. The van der Waals surface area contributed by atoms with E-state index in [1.165, 1.54) is 12.8 Å². The fraction of sp³-hybridized carbons (Fsp3) is 1.00. The molecule has 0 aliphatic carbocycles. The lowest BCUT2D eigenvalue weighted by Crippen LogP contribution is -2.44. The monoisotopic (exact) mass is 214 g/mol. The Bertz CT molecular complexity index is 145. The molecule has 2 heteroatoms. The average molecular weight is 214 g/mol. The van der Waals surface area contributed by atoms with Crippen LogP contribution in [0, 0.1) is 5.92 Å². The van der Waals surface area contributed by atoms with Crippen LogP contribution in [0.15, 0.2) is 0 Å². The van der Waals surface area contributed by atoms with Gasteiger partial charge in [-0.1, -0.05) is 27.7 Å². The smallest absolute Gasteiger partial charge is 0.0192 e. The molecule has 0 aliphatic rings. The van der Waals surface area contributed by atoms with Gasteiger partial charge in [0.1, 0.15) is 0 Å². The summed E-state index contributed by atoms with van der Waals surface area (Å²) < 4.78 is 0. The van der Waals surface area contributed by atoms with E-state index in [-0.39, 0.29) is 0 Å². The molecular formula is C13H30N2. The normalized spacial score (nSPS) is 16.0. The average Bonchev–Trinajstić information content (AvgIpc) is 2.22. The molecule has 1 N–H and O–H groups in total. The number of hydrogen-bond acceptors (Lipinski definition) is 2. The molecular weight excluding hydrogens is 184 g/mol. The van der Waals surface area contributed by atoms with Gasteiger partial charge >= 0.3 is 0 Å². The predicted molar refractivity (Wildman–Crippen MR) is 69.3 cm³/mol. The van der Waals surface area contributed by atoms with E-state index >= 15 is 0 Å². The Kier molecular flexibility index (Phi) is 8.07. The summed E-state index contributed by atoms with van der Waals surface area (Å²) in [6.07, 6.45) is 2.44. The summed E-state index contributed by atoms with van der Waals surface area (Å²) in [5.74, 6) is 0.735. The van der Waals surface area contributed by atoms with Crippen molar-refractivity contribution in [3.63, 3.8) is 0 Å². The zero-order valence-electron chi connectivity index (χ0n) is 11.5. The number of hydrogen-bond donors (Lipinski definition) is 1. The molecule has 0 aromatic carbocycles. The van der Waals surface area contributed by atoms with Gasteiger partial charge in [-0.25, -0.2) is 0 Å². The van der Waals surface area contributed by atoms with E-state index < -0.39 is 0 Å². The highest BCUT2D eigenvalue weighted by molar-refractivity contribution is 4.74. The SMILES string of the molecule is CCCNC(CC)CN(C)C(C)C(C)C. The minimum Gasteiger partial charge on any atom is -0.313 e. The van der Waals surface area contributed by atoms with Crippen LogP contribution in [0.3, 0.4) is 0 Å². The van der Waals surface area contributed by atoms with Gasteiger partial charge in [-0.2, -0.15) is 0 Å². The first kappa shape index (κ1) is 14.9. The fourth-order valence-electron chi connectivity index (χ4n) is 1.71. The number of nitrogens with zero attached hydrogens (tertiary/aromatic N) is 1. The Balaban J connectivity index is 3.94. The standard InChI is InChI=1S/C13H30N2/c1-7-9-14-13(8-2)10-15(6)12(5)11(3)4/h11-14H,7-10H2,1-6H3. The van der Waals surface area contributed by atoms with Crippen molar-refractivity contribution < 1.29 is 0 Å². The van der Waals surface area contributed by atoms with Crippen LogP contribution in [0.5, 0.6) is 0 Å². The van der Waals surface area contributed by atoms with Crippen LogP contribution in [0.4, 0.5) is 0 Å². The molecule has 0 saturated heterocycles. The van der Waals surface area contributed by atoms with Gasteiger partial charge in [0.05, 0.1) is 0 Å². The summed E-state index contributed by atoms with van der Waals surface area (Å²) in [6, 6.07) is 1.32. The van der Waals surface area contributed by atoms with E-state index in [1.807, 2.05) is 0 Å². The van der Waals surface area contributed by atoms with Crippen molar-refractivity contribution in [2.75, 3.05) is 20.1 Å². The molecule has 0 amide bonds. The summed E-state index contributed by atoms with van der Waals surface area (Å²) in [5, 5.41) is 3.60. The van der Waals surface area contributed by atoms with Crippen molar-refractivity contribution >= 4 is 0 Å². The fourth-order valence-corrected chi connectivity index (χ4v) is 1.71. The minimum atomic E-state index is 0.649. The molecule has 0 bridgehead atoms. The van der Waals surface area contributed by atoms with Crippen molar-refractivity contribution in [2.45, 2.75) is 59.5 Å². The zero-order valence-corrected chi connectivity index (χ0v) is 11.5. The lowest BCUT2D eigenvalue weighted by Gasteiger charge is -2.31. The molecule has 15 heavy (non-hydrogen) atoms. The van der Waals surface area contributed by atoms with Crippen LogP contribution in [0.1, 0.15) is 47.5 Å². The maximum Gasteiger partial charge on any atom is 0.0192 e. The van der Waals surface area contributed by atoms with Gasteiger partial charge < -0.3 is 10.2 Å². The van der Waals surface area contributed by atoms with Crippen LogP contribution in [0.25, 0.3) is 0 Å². The third-order valence-electron chi connectivity index (χ3n) is 3.34. The first-order valence-electron chi connectivity index (χ1n) is 6.46. The third kappa shape index (κ3) is 6.16. The Hall–Kier alpha value is -0.0800. The highest BCUT2D eigenvalue weighted by Crippen LogP contribution is 2.09. The van der Waals surface area contributed by atoms with Gasteiger partial charge in [-0.3, -0.25) is 0 Å². The molecule has 0 radical (unpaired) electrons. The quantitative estimate of drug-likeness (QED) is 0.668. The second-order valence-corrected chi connectivity index (χ2v) is 4.98. The molecule has 0 rings (SSSR count). The highest BCUT2D eigenvalue weighted by Gasteiger charge is 2.16. The van der Waals surface area contributed by atoms with Crippen molar-refractivity contribution in [1.82, 2.24) is 10.2 Å². The highest BCUT2D eigenvalue weighted by atomic mass is 15.1. The van der Waals surface area contributed by atoms with Crippen LogP contribution >= 0.6 is 0 Å². The molecule has 2 unspecified atom stereocenters. The Morgan fingerprint density at radius 1 is 1.13 bits per heavy atom. The van der Waals surface area contributed by atoms with Gasteiger partial charge in [-0.05, 0) is 39.3 Å². The van der Waals surface area contributed by atoms with E-state index in [9.17, 15) is 0 Å². The molecule has 0 saturated carbocycles. The Labute approximate surface area is 96.4 Å². The van der Waals surface area contributed by atoms with E-state index in [1.54, 1.807) is 0 Å². The molecule has 0 aromatic heterocycles. The zero-order chi connectivity index (χ0) is 11.8. The van der Waals surface area contributed by atoms with Crippen LogP contribution in [-0.4, -0.2) is 37.1 Å². The lowest BCUT2D eigenvalue weighted by molar-refractivity contribution is 0.186. The number of nitrogens with one attached hydrogen (secondary N) is 1. The Morgan fingerprint density at radius 2 is 1.73 bits per heavy atom. The van der Waals surface area contributed by atoms with Gasteiger partial charge in [0.2, 0.25) is 0 Å². The van der Waals surface area contributed by atoms with Crippen molar-refractivity contribution in [1.29, 1.82) is 0 Å². The summed E-state index contributed by atoms with van der Waals surface area (Å²) in [6.45, 7) is 13.7. The topological polar surface area (TPSA) is 15.3 Å². The number of rotatable bonds is 8. The summed E-state index contributed by atoms with van der Waals surface area (Å²) in [5.41, 5.74) is 0. The maximum atomic E-state index is 3.60. The lowest BCUT2D eigenvalue weighted by atomic mass is 10.0. The van der Waals surface area contributed by atoms with Gasteiger partial charge in [0.15, 0.2) is 0 Å². The summed E-state index contributed by atoms with van der Waals surface area (Å²) >= 11 is 0. The minimum absolute atomic E-state index is 0.649. The second-order valence-electron chi connectivity index (χ2n) is 4.98. The van der Waals surface area contributed by atoms with E-state index in [2.05, 4.69) is 51.9 Å². The summed E-state index contributed by atoms with van der Waals surface area (Å²) in [7, 11) is 2.24. The molecule has 92 valence electrons. The maximum absolute atomic E-state index is 3.60. The molecule has 2 nitrogen and oxygen atoms in total. The van der Waals surface area contributed by atoms with Gasteiger partial charge in [-0.15, -0.1) is 0 Å². The first-order chi connectivity index (χ1) is 7.02. The largest absolute Gasteiger partial charge is 0.313 e. The molecule has 0 aliphatic heterocycles.